The predicted octanol–water partition coefficient (Wildman–Crippen LogP) is 2.84. The predicted molar refractivity (Wildman–Crippen MR) is 83.1 cm³/mol. The van der Waals surface area contributed by atoms with Crippen molar-refractivity contribution in [2.24, 2.45) is 0 Å². The first-order valence-corrected chi connectivity index (χ1v) is 8.22. The number of halogens is 3. The SMILES string of the molecule is O=C(c1ccc(Nc2cccc(C(F)(F)F)c2)cc1)C(O)S(=O)(=O)O. The molecule has 134 valence electrons. The smallest absolute Gasteiger partial charge is 0.369 e. The normalized spacial score (nSPS) is 13.3. The second-order valence-electron chi connectivity index (χ2n) is 5.01. The molecule has 0 spiro atoms. The van der Waals surface area contributed by atoms with Crippen molar-refractivity contribution >= 4 is 27.3 Å². The van der Waals surface area contributed by atoms with Gasteiger partial charge in [-0.3, -0.25) is 9.35 Å². The van der Waals surface area contributed by atoms with Gasteiger partial charge in [0, 0.05) is 16.9 Å². The Morgan fingerprint density at radius 3 is 2.16 bits per heavy atom. The molecule has 10 heteroatoms. The lowest BCUT2D eigenvalue weighted by atomic mass is 10.1. The molecule has 6 nitrogen and oxygen atoms in total. The number of aliphatic hydroxyl groups excluding tert-OH is 1. The second-order valence-corrected chi connectivity index (χ2v) is 6.49. The number of ketones is 1. The van der Waals surface area contributed by atoms with E-state index >= 15 is 0 Å². The molecule has 25 heavy (non-hydrogen) atoms. The largest absolute Gasteiger partial charge is 0.416 e. The molecule has 0 aliphatic carbocycles. The molecule has 1 atom stereocenters. The first-order chi connectivity index (χ1) is 11.5. The molecule has 0 aliphatic rings. The Morgan fingerprint density at radius 1 is 1.04 bits per heavy atom. The Balaban J connectivity index is 2.17. The number of Topliss-reactive ketones (excluding diaryl/α,β-unsaturated/α-hetero) is 1. The molecule has 2 aromatic rings. The zero-order valence-corrected chi connectivity index (χ0v) is 13.2. The van der Waals surface area contributed by atoms with E-state index in [4.69, 9.17) is 4.55 Å². The molecule has 0 amide bonds. The minimum atomic E-state index is -4.94. The molecule has 1 unspecified atom stereocenters. The number of carbonyl (C=O) groups is 1. The van der Waals surface area contributed by atoms with Gasteiger partial charge in [-0.25, -0.2) is 0 Å². The highest BCUT2D eigenvalue weighted by Gasteiger charge is 2.30. The lowest BCUT2D eigenvalue weighted by molar-refractivity contribution is -0.137. The summed E-state index contributed by atoms with van der Waals surface area (Å²) >= 11 is 0. The maximum atomic E-state index is 12.7. The van der Waals surface area contributed by atoms with Crippen molar-refractivity contribution in [3.8, 4) is 0 Å². The minimum Gasteiger partial charge on any atom is -0.369 e. The zero-order valence-electron chi connectivity index (χ0n) is 12.4. The number of hydrogen-bond acceptors (Lipinski definition) is 5. The number of anilines is 2. The van der Waals surface area contributed by atoms with E-state index in [9.17, 15) is 31.5 Å². The number of carbonyl (C=O) groups excluding carboxylic acids is 1. The number of rotatable bonds is 5. The average Bonchev–Trinajstić information content (AvgIpc) is 2.53. The summed E-state index contributed by atoms with van der Waals surface area (Å²) in [6.45, 7) is 0. The topological polar surface area (TPSA) is 104 Å². The summed E-state index contributed by atoms with van der Waals surface area (Å²) in [4.78, 5) is 11.7. The van der Waals surface area contributed by atoms with E-state index in [1.165, 1.54) is 24.3 Å². The van der Waals surface area contributed by atoms with E-state index in [-0.39, 0.29) is 11.3 Å². The number of benzene rings is 2. The fourth-order valence-corrected chi connectivity index (χ4v) is 2.34. The Labute approximate surface area is 140 Å². The summed E-state index contributed by atoms with van der Waals surface area (Å²) in [7, 11) is -4.94. The first-order valence-electron chi connectivity index (χ1n) is 6.71. The van der Waals surface area contributed by atoms with Crippen LogP contribution in [0.3, 0.4) is 0 Å². The minimum absolute atomic E-state index is 0.159. The van der Waals surface area contributed by atoms with E-state index in [1.54, 1.807) is 0 Å². The van der Waals surface area contributed by atoms with E-state index in [0.717, 1.165) is 24.3 Å². The van der Waals surface area contributed by atoms with Gasteiger partial charge in [-0.1, -0.05) is 6.07 Å². The molecule has 0 aromatic heterocycles. The van der Waals surface area contributed by atoms with E-state index in [2.05, 4.69) is 5.32 Å². The van der Waals surface area contributed by atoms with Crippen LogP contribution >= 0.6 is 0 Å². The molecule has 0 saturated heterocycles. The third kappa shape index (κ3) is 4.78. The summed E-state index contributed by atoms with van der Waals surface area (Å²) in [5.41, 5.74) is -3.14. The molecule has 0 aliphatic heterocycles. The van der Waals surface area contributed by atoms with Gasteiger partial charge in [0.05, 0.1) is 5.56 Å². The third-order valence-electron chi connectivity index (χ3n) is 3.15. The van der Waals surface area contributed by atoms with Crippen molar-refractivity contribution in [2.75, 3.05) is 5.32 Å². The van der Waals surface area contributed by atoms with Crippen LogP contribution in [0.2, 0.25) is 0 Å². The van der Waals surface area contributed by atoms with Gasteiger partial charge in [0.25, 0.3) is 10.1 Å². The lowest BCUT2D eigenvalue weighted by Gasteiger charge is -2.11. The summed E-state index contributed by atoms with van der Waals surface area (Å²) in [5, 5.41) is 11.9. The maximum Gasteiger partial charge on any atom is 0.416 e. The van der Waals surface area contributed by atoms with Crippen LogP contribution in [0.5, 0.6) is 0 Å². The highest BCUT2D eigenvalue weighted by molar-refractivity contribution is 7.87. The van der Waals surface area contributed by atoms with Crippen molar-refractivity contribution in [3.05, 3.63) is 59.7 Å². The van der Waals surface area contributed by atoms with Crippen molar-refractivity contribution < 1.29 is 36.0 Å². The number of nitrogens with one attached hydrogen (secondary N) is 1. The Bertz CT molecular complexity index is 879. The number of hydrogen-bond donors (Lipinski definition) is 3. The van der Waals surface area contributed by atoms with Crippen LogP contribution in [0.15, 0.2) is 48.5 Å². The Kier molecular flexibility index (Phi) is 5.16. The average molecular weight is 375 g/mol. The molecular formula is C15H12F3NO5S. The lowest BCUT2D eigenvalue weighted by Crippen LogP contribution is -2.29. The van der Waals surface area contributed by atoms with Crippen molar-refractivity contribution in [1.29, 1.82) is 0 Å². The quantitative estimate of drug-likeness (QED) is 0.548. The van der Waals surface area contributed by atoms with Crippen molar-refractivity contribution in [3.63, 3.8) is 0 Å². The maximum absolute atomic E-state index is 12.7. The summed E-state index contributed by atoms with van der Waals surface area (Å²) in [6.07, 6.45) is -4.49. The van der Waals surface area contributed by atoms with Crippen LogP contribution < -0.4 is 5.32 Å². The third-order valence-corrected chi connectivity index (χ3v) is 3.93. The highest BCUT2D eigenvalue weighted by Crippen LogP contribution is 2.31. The molecule has 0 saturated carbocycles. The standard InChI is InChI=1S/C15H12F3NO5S/c16-15(17,18)10-2-1-3-12(8-10)19-11-6-4-9(5-7-11)13(20)14(21)25(22,23)24/h1-8,14,19,21H,(H,22,23,24). The van der Waals surface area contributed by atoms with Gasteiger partial charge < -0.3 is 10.4 Å². The van der Waals surface area contributed by atoms with Crippen LogP contribution in [0, 0.1) is 0 Å². The van der Waals surface area contributed by atoms with Crippen LogP contribution in [-0.2, 0) is 16.3 Å². The fourth-order valence-electron chi connectivity index (χ4n) is 1.94. The zero-order chi connectivity index (χ0) is 18.8. The second kappa shape index (κ2) is 6.82. The van der Waals surface area contributed by atoms with Gasteiger partial charge in [0.1, 0.15) is 0 Å². The molecule has 2 rings (SSSR count). The molecule has 0 radical (unpaired) electrons. The van der Waals surface area contributed by atoms with Crippen LogP contribution in [0.1, 0.15) is 15.9 Å². The van der Waals surface area contributed by atoms with Gasteiger partial charge in [-0.2, -0.15) is 21.6 Å². The van der Waals surface area contributed by atoms with Crippen LogP contribution in [0.25, 0.3) is 0 Å². The molecule has 2 aromatic carbocycles. The molecule has 3 N–H and O–H groups in total. The Hall–Kier alpha value is -2.43. The Morgan fingerprint density at radius 2 is 1.64 bits per heavy atom. The molecule has 0 fully saturated rings. The van der Waals surface area contributed by atoms with Crippen LogP contribution in [0.4, 0.5) is 24.5 Å². The van der Waals surface area contributed by atoms with E-state index < -0.39 is 33.1 Å². The summed E-state index contributed by atoms with van der Waals surface area (Å²) < 4.78 is 68.1. The van der Waals surface area contributed by atoms with Gasteiger partial charge in [-0.15, -0.1) is 0 Å². The first kappa shape index (κ1) is 18.9. The summed E-state index contributed by atoms with van der Waals surface area (Å²) in [5.74, 6) is -1.23. The highest BCUT2D eigenvalue weighted by atomic mass is 32.2. The van der Waals surface area contributed by atoms with Gasteiger partial charge in [-0.05, 0) is 42.5 Å². The number of aliphatic hydroxyl groups is 1. The van der Waals surface area contributed by atoms with Crippen LogP contribution in [-0.4, -0.2) is 29.3 Å². The monoisotopic (exact) mass is 375 g/mol. The number of alkyl halides is 3. The molecular weight excluding hydrogens is 363 g/mol. The van der Waals surface area contributed by atoms with E-state index in [1.807, 2.05) is 0 Å². The van der Waals surface area contributed by atoms with E-state index in [0.29, 0.717) is 5.69 Å². The van der Waals surface area contributed by atoms with Gasteiger partial charge in [0.2, 0.25) is 11.2 Å². The molecule has 0 heterocycles. The molecule has 0 bridgehead atoms. The summed E-state index contributed by atoms with van der Waals surface area (Å²) in [6, 6.07) is 9.40. The van der Waals surface area contributed by atoms with Gasteiger partial charge in [0.15, 0.2) is 0 Å². The fraction of sp³-hybridized carbons (Fsp3) is 0.133. The van der Waals surface area contributed by atoms with Crippen molar-refractivity contribution in [2.45, 2.75) is 11.6 Å². The van der Waals surface area contributed by atoms with Crippen molar-refractivity contribution in [1.82, 2.24) is 0 Å². The van der Waals surface area contributed by atoms with Gasteiger partial charge >= 0.3 is 6.18 Å².